The van der Waals surface area contributed by atoms with Crippen LogP contribution in [0.3, 0.4) is 0 Å². The molecule has 0 aliphatic carbocycles. The summed E-state index contributed by atoms with van der Waals surface area (Å²) >= 11 is 0. The van der Waals surface area contributed by atoms with Crippen LogP contribution in [0.15, 0.2) is 48.5 Å². The number of nitro groups is 1. The maximum absolute atomic E-state index is 11.9. The molecule has 22 heavy (non-hydrogen) atoms. The third kappa shape index (κ3) is 3.72. The summed E-state index contributed by atoms with van der Waals surface area (Å²) in [6.45, 7) is -0.0147. The average Bonchev–Trinajstić information content (AvgIpc) is 2.50. The number of benzene rings is 2. The summed E-state index contributed by atoms with van der Waals surface area (Å²) in [7, 11) is 1.48. The van der Waals surface area contributed by atoms with Gasteiger partial charge >= 0.3 is 6.09 Å². The minimum Gasteiger partial charge on any atom is -0.508 e. The van der Waals surface area contributed by atoms with Crippen LogP contribution in [0.4, 0.5) is 10.5 Å². The van der Waals surface area contributed by atoms with Crippen LogP contribution < -0.4 is 4.74 Å². The largest absolute Gasteiger partial charge is 0.508 e. The van der Waals surface area contributed by atoms with Crippen LogP contribution >= 0.6 is 0 Å². The summed E-state index contributed by atoms with van der Waals surface area (Å²) in [6, 6.07) is 12.2. The van der Waals surface area contributed by atoms with Crippen molar-refractivity contribution in [1.29, 1.82) is 0 Å². The van der Waals surface area contributed by atoms with E-state index in [2.05, 4.69) is 0 Å². The molecule has 0 atom stereocenters. The molecule has 0 radical (unpaired) electrons. The lowest BCUT2D eigenvalue weighted by molar-refractivity contribution is -0.385. The molecule has 2 aromatic carbocycles. The van der Waals surface area contributed by atoms with Gasteiger partial charge in [0.05, 0.1) is 11.5 Å². The summed E-state index contributed by atoms with van der Waals surface area (Å²) in [5.41, 5.74) is 0.110. The van der Waals surface area contributed by atoms with Crippen molar-refractivity contribution in [3.63, 3.8) is 0 Å². The quantitative estimate of drug-likeness (QED) is 0.692. The molecule has 7 nitrogen and oxygen atoms in total. The second-order valence-corrected chi connectivity index (χ2v) is 4.61. The number of nitrogens with zero attached hydrogens (tertiary/aromatic N) is 2. The Balaban J connectivity index is 2.08. The van der Waals surface area contributed by atoms with E-state index in [-0.39, 0.29) is 23.5 Å². The average molecular weight is 302 g/mol. The van der Waals surface area contributed by atoms with Crippen molar-refractivity contribution < 1.29 is 19.6 Å². The summed E-state index contributed by atoms with van der Waals surface area (Å²) in [6.07, 6.45) is -0.628. The Labute approximate surface area is 126 Å². The lowest BCUT2D eigenvalue weighted by Crippen LogP contribution is -2.29. The Bertz CT molecular complexity index is 688. The number of amides is 1. The number of phenols is 1. The fraction of sp³-hybridized carbons (Fsp3) is 0.133. The van der Waals surface area contributed by atoms with Crippen molar-refractivity contribution in [2.24, 2.45) is 0 Å². The molecule has 0 aliphatic heterocycles. The summed E-state index contributed by atoms with van der Waals surface area (Å²) in [5, 5.41) is 20.5. The maximum Gasteiger partial charge on any atom is 0.415 e. The number of ether oxygens (including phenoxy) is 1. The highest BCUT2D eigenvalue weighted by Crippen LogP contribution is 2.24. The fourth-order valence-electron chi connectivity index (χ4n) is 1.80. The number of hydrogen-bond donors (Lipinski definition) is 1. The molecule has 2 rings (SSSR count). The summed E-state index contributed by atoms with van der Waals surface area (Å²) < 4.78 is 5.14. The predicted octanol–water partition coefficient (Wildman–Crippen LogP) is 2.93. The van der Waals surface area contributed by atoms with Gasteiger partial charge in [-0.15, -0.1) is 0 Å². The van der Waals surface area contributed by atoms with E-state index in [0.717, 1.165) is 0 Å². The van der Waals surface area contributed by atoms with Gasteiger partial charge in [-0.05, 0) is 18.2 Å². The molecule has 0 unspecified atom stereocenters. The minimum absolute atomic E-state index is 0.0147. The molecule has 0 saturated carbocycles. The maximum atomic E-state index is 11.9. The van der Waals surface area contributed by atoms with Crippen molar-refractivity contribution in [2.45, 2.75) is 6.54 Å². The number of nitro benzene ring substituents is 1. The SMILES string of the molecule is CN(Cc1cc([N+](=O)[O-])ccc1O)C(=O)Oc1ccccc1. The van der Waals surface area contributed by atoms with Gasteiger partial charge in [-0.3, -0.25) is 10.1 Å². The van der Waals surface area contributed by atoms with Crippen molar-refractivity contribution in [2.75, 3.05) is 7.05 Å². The first-order valence-corrected chi connectivity index (χ1v) is 6.41. The van der Waals surface area contributed by atoms with Crippen molar-refractivity contribution in [3.05, 3.63) is 64.2 Å². The van der Waals surface area contributed by atoms with E-state index in [4.69, 9.17) is 4.74 Å². The monoisotopic (exact) mass is 302 g/mol. The first kappa shape index (κ1) is 15.3. The summed E-state index contributed by atoms with van der Waals surface area (Å²) in [4.78, 5) is 23.3. The number of carbonyl (C=O) groups is 1. The van der Waals surface area contributed by atoms with Gasteiger partial charge < -0.3 is 14.7 Å². The van der Waals surface area contributed by atoms with Crippen LogP contribution in [-0.4, -0.2) is 28.1 Å². The predicted molar refractivity (Wildman–Crippen MR) is 78.7 cm³/mol. The molecule has 7 heteroatoms. The third-order valence-corrected chi connectivity index (χ3v) is 2.94. The Morgan fingerprint density at radius 3 is 2.59 bits per heavy atom. The lowest BCUT2D eigenvalue weighted by Gasteiger charge is -2.17. The van der Waals surface area contributed by atoms with Gasteiger partial charge in [-0.1, -0.05) is 18.2 Å². The highest BCUT2D eigenvalue weighted by Gasteiger charge is 2.16. The van der Waals surface area contributed by atoms with Crippen LogP contribution in [0.5, 0.6) is 11.5 Å². The van der Waals surface area contributed by atoms with Gasteiger partial charge in [0.25, 0.3) is 5.69 Å². The minimum atomic E-state index is -0.628. The Hall–Kier alpha value is -3.09. The topological polar surface area (TPSA) is 92.9 Å². The first-order chi connectivity index (χ1) is 10.5. The Morgan fingerprint density at radius 2 is 1.95 bits per heavy atom. The molecule has 0 fully saturated rings. The molecule has 1 amide bonds. The van der Waals surface area contributed by atoms with E-state index in [9.17, 15) is 20.0 Å². The zero-order valence-corrected chi connectivity index (χ0v) is 11.8. The second kappa shape index (κ2) is 6.57. The second-order valence-electron chi connectivity index (χ2n) is 4.61. The molecule has 0 heterocycles. The van der Waals surface area contributed by atoms with E-state index in [1.807, 2.05) is 0 Å². The van der Waals surface area contributed by atoms with Crippen LogP contribution in [0.1, 0.15) is 5.56 Å². The lowest BCUT2D eigenvalue weighted by atomic mass is 10.1. The van der Waals surface area contributed by atoms with E-state index in [1.54, 1.807) is 30.3 Å². The highest BCUT2D eigenvalue weighted by molar-refractivity contribution is 5.70. The van der Waals surface area contributed by atoms with Gasteiger partial charge in [0.2, 0.25) is 0 Å². The molecule has 2 aromatic rings. The van der Waals surface area contributed by atoms with Crippen LogP contribution in [0.2, 0.25) is 0 Å². The zero-order chi connectivity index (χ0) is 16.1. The Kier molecular flexibility index (Phi) is 4.57. The fourth-order valence-corrected chi connectivity index (χ4v) is 1.80. The zero-order valence-electron chi connectivity index (χ0n) is 11.8. The van der Waals surface area contributed by atoms with E-state index >= 15 is 0 Å². The van der Waals surface area contributed by atoms with E-state index < -0.39 is 11.0 Å². The first-order valence-electron chi connectivity index (χ1n) is 6.41. The molecule has 1 N–H and O–H groups in total. The van der Waals surface area contributed by atoms with Crippen LogP contribution in [0, 0.1) is 10.1 Å². The number of aromatic hydroxyl groups is 1. The van der Waals surface area contributed by atoms with Crippen LogP contribution in [0.25, 0.3) is 0 Å². The number of phenolic OH excluding ortho intramolecular Hbond substituents is 1. The normalized spacial score (nSPS) is 10.0. The Morgan fingerprint density at radius 1 is 1.27 bits per heavy atom. The van der Waals surface area contributed by atoms with Gasteiger partial charge in [-0.2, -0.15) is 0 Å². The molecular formula is C15H14N2O5. The van der Waals surface area contributed by atoms with Crippen molar-refractivity contribution in [3.8, 4) is 11.5 Å². The summed E-state index contributed by atoms with van der Waals surface area (Å²) in [5.74, 6) is 0.271. The molecule has 0 bridgehead atoms. The number of carbonyl (C=O) groups excluding carboxylic acids is 1. The number of rotatable bonds is 4. The van der Waals surface area contributed by atoms with Gasteiger partial charge in [0, 0.05) is 24.7 Å². The molecule has 0 aromatic heterocycles. The molecule has 0 spiro atoms. The molecule has 0 aliphatic rings. The smallest absolute Gasteiger partial charge is 0.415 e. The number of para-hydroxylation sites is 1. The van der Waals surface area contributed by atoms with Gasteiger partial charge in [0.15, 0.2) is 0 Å². The standard InChI is InChI=1S/C15H14N2O5/c1-16(15(19)22-13-5-3-2-4-6-13)10-11-9-12(17(20)21)7-8-14(11)18/h2-9,18H,10H2,1H3. The highest BCUT2D eigenvalue weighted by atomic mass is 16.6. The third-order valence-electron chi connectivity index (χ3n) is 2.94. The van der Waals surface area contributed by atoms with Gasteiger partial charge in [0.1, 0.15) is 11.5 Å². The van der Waals surface area contributed by atoms with Crippen molar-refractivity contribution in [1.82, 2.24) is 4.90 Å². The van der Waals surface area contributed by atoms with Crippen LogP contribution in [-0.2, 0) is 6.54 Å². The van der Waals surface area contributed by atoms with E-state index in [1.165, 1.54) is 30.1 Å². The molecule has 114 valence electrons. The molecule has 0 saturated heterocycles. The number of hydrogen-bond acceptors (Lipinski definition) is 5. The molecular weight excluding hydrogens is 288 g/mol. The van der Waals surface area contributed by atoms with E-state index in [0.29, 0.717) is 5.75 Å². The van der Waals surface area contributed by atoms with Crippen molar-refractivity contribution >= 4 is 11.8 Å². The van der Waals surface area contributed by atoms with Gasteiger partial charge in [-0.25, -0.2) is 4.79 Å². The number of non-ortho nitro benzene ring substituents is 1.